The van der Waals surface area contributed by atoms with E-state index >= 15 is 0 Å². The molecule has 2 aromatic rings. The molecule has 0 amide bonds. The van der Waals surface area contributed by atoms with Crippen LogP contribution in [-0.4, -0.2) is 23.7 Å². The van der Waals surface area contributed by atoms with Gasteiger partial charge in [-0.25, -0.2) is 5.43 Å². The highest BCUT2D eigenvalue weighted by molar-refractivity contribution is 5.40. The monoisotopic (exact) mass is 274 g/mol. The van der Waals surface area contributed by atoms with Gasteiger partial charge in [0.1, 0.15) is 11.5 Å². The summed E-state index contributed by atoms with van der Waals surface area (Å²) in [4.78, 5) is 8.22. The molecule has 0 aromatic carbocycles. The Morgan fingerprint density at radius 1 is 1.30 bits per heavy atom. The molecule has 0 radical (unpaired) electrons. The molecule has 1 atom stereocenters. The number of pyridine rings is 2. The molecule has 0 bridgehead atoms. The fourth-order valence-corrected chi connectivity index (χ4v) is 2.00. The molecule has 2 rings (SSSR count). The zero-order valence-corrected chi connectivity index (χ0v) is 11.5. The van der Waals surface area contributed by atoms with Crippen molar-refractivity contribution >= 4 is 0 Å². The summed E-state index contributed by atoms with van der Waals surface area (Å²) in [7, 11) is 1.60. The van der Waals surface area contributed by atoms with E-state index in [1.165, 1.54) is 0 Å². The van der Waals surface area contributed by atoms with Gasteiger partial charge in [-0.15, -0.1) is 0 Å². The normalized spacial score (nSPS) is 11.9. The van der Waals surface area contributed by atoms with Crippen molar-refractivity contribution in [3.05, 3.63) is 48.0 Å². The topological polar surface area (TPSA) is 82.3 Å². The zero-order chi connectivity index (χ0) is 14.4. The molecule has 0 aliphatic heterocycles. The lowest BCUT2D eigenvalue weighted by Gasteiger charge is -2.19. The molecule has 0 spiro atoms. The molecule has 6 heteroatoms. The van der Waals surface area contributed by atoms with Crippen molar-refractivity contribution in [1.29, 1.82) is 0 Å². The summed E-state index contributed by atoms with van der Waals surface area (Å²) < 4.78 is 10.8. The lowest BCUT2D eigenvalue weighted by molar-refractivity contribution is 0.338. The SMILES string of the molecule is CCOc1cncc(C(NN)c2ccncc2OC)c1. The molecule has 1 unspecified atom stereocenters. The average Bonchev–Trinajstić information content (AvgIpc) is 2.49. The summed E-state index contributed by atoms with van der Waals surface area (Å²) in [5.74, 6) is 7.06. The van der Waals surface area contributed by atoms with Gasteiger partial charge in [-0.1, -0.05) is 0 Å². The van der Waals surface area contributed by atoms with Crippen LogP contribution in [0.2, 0.25) is 0 Å². The second-order valence-corrected chi connectivity index (χ2v) is 4.10. The first-order valence-electron chi connectivity index (χ1n) is 6.32. The number of aromatic nitrogens is 2. The lowest BCUT2D eigenvalue weighted by atomic mass is 10.0. The number of hydrogen-bond donors (Lipinski definition) is 2. The number of nitrogens with two attached hydrogens (primary N) is 1. The highest BCUT2D eigenvalue weighted by atomic mass is 16.5. The Kier molecular flexibility index (Phi) is 4.86. The summed E-state index contributed by atoms with van der Waals surface area (Å²) in [6, 6.07) is 3.51. The van der Waals surface area contributed by atoms with Crippen molar-refractivity contribution in [1.82, 2.24) is 15.4 Å². The van der Waals surface area contributed by atoms with Crippen LogP contribution < -0.4 is 20.7 Å². The third-order valence-electron chi connectivity index (χ3n) is 2.89. The Balaban J connectivity index is 2.39. The first-order chi connectivity index (χ1) is 9.80. The summed E-state index contributed by atoms with van der Waals surface area (Å²) in [6.45, 7) is 2.52. The van der Waals surface area contributed by atoms with Gasteiger partial charge in [-0.2, -0.15) is 0 Å². The van der Waals surface area contributed by atoms with Crippen molar-refractivity contribution in [2.24, 2.45) is 5.84 Å². The summed E-state index contributed by atoms with van der Waals surface area (Å²) >= 11 is 0. The number of methoxy groups -OCH3 is 1. The maximum Gasteiger partial charge on any atom is 0.142 e. The van der Waals surface area contributed by atoms with E-state index in [4.69, 9.17) is 15.3 Å². The van der Waals surface area contributed by atoms with Crippen molar-refractivity contribution < 1.29 is 9.47 Å². The highest BCUT2D eigenvalue weighted by Gasteiger charge is 2.17. The first kappa shape index (κ1) is 14.2. The van der Waals surface area contributed by atoms with Gasteiger partial charge in [-0.05, 0) is 24.6 Å². The van der Waals surface area contributed by atoms with Gasteiger partial charge in [0.25, 0.3) is 0 Å². The smallest absolute Gasteiger partial charge is 0.142 e. The number of hydrazine groups is 1. The largest absolute Gasteiger partial charge is 0.495 e. The molecule has 0 aliphatic carbocycles. The van der Waals surface area contributed by atoms with E-state index in [-0.39, 0.29) is 6.04 Å². The molecule has 106 valence electrons. The number of rotatable bonds is 6. The number of nitrogens with one attached hydrogen (secondary N) is 1. The number of hydrogen-bond acceptors (Lipinski definition) is 6. The van der Waals surface area contributed by atoms with E-state index < -0.39 is 0 Å². The van der Waals surface area contributed by atoms with Crippen LogP contribution in [0.25, 0.3) is 0 Å². The van der Waals surface area contributed by atoms with E-state index in [0.29, 0.717) is 18.1 Å². The third kappa shape index (κ3) is 3.04. The summed E-state index contributed by atoms with van der Waals surface area (Å²) in [5, 5.41) is 0. The Hall–Kier alpha value is -2.18. The lowest BCUT2D eigenvalue weighted by Crippen LogP contribution is -2.29. The third-order valence-corrected chi connectivity index (χ3v) is 2.89. The molecule has 0 aliphatic rings. The number of nitrogens with zero attached hydrogens (tertiary/aromatic N) is 2. The van der Waals surface area contributed by atoms with Gasteiger partial charge in [0, 0.05) is 18.0 Å². The van der Waals surface area contributed by atoms with Crippen LogP contribution in [0.5, 0.6) is 11.5 Å². The maximum absolute atomic E-state index is 5.69. The van der Waals surface area contributed by atoms with E-state index in [1.807, 2.05) is 19.1 Å². The van der Waals surface area contributed by atoms with Crippen molar-refractivity contribution in [2.75, 3.05) is 13.7 Å². The molecule has 2 aromatic heterocycles. The van der Waals surface area contributed by atoms with E-state index in [9.17, 15) is 0 Å². The maximum atomic E-state index is 5.69. The fraction of sp³-hybridized carbons (Fsp3) is 0.286. The van der Waals surface area contributed by atoms with Gasteiger partial charge in [0.05, 0.1) is 32.2 Å². The molecular weight excluding hydrogens is 256 g/mol. The second-order valence-electron chi connectivity index (χ2n) is 4.10. The quantitative estimate of drug-likeness (QED) is 0.612. The summed E-state index contributed by atoms with van der Waals surface area (Å²) in [6.07, 6.45) is 6.76. The number of ether oxygens (including phenoxy) is 2. The van der Waals surface area contributed by atoms with Crippen LogP contribution in [0.4, 0.5) is 0 Å². The molecule has 2 heterocycles. The van der Waals surface area contributed by atoms with Crippen LogP contribution in [0.1, 0.15) is 24.1 Å². The molecule has 6 nitrogen and oxygen atoms in total. The average molecular weight is 274 g/mol. The molecule has 0 fully saturated rings. The van der Waals surface area contributed by atoms with Crippen molar-refractivity contribution in [3.8, 4) is 11.5 Å². The minimum Gasteiger partial charge on any atom is -0.495 e. The fourth-order valence-electron chi connectivity index (χ4n) is 2.00. The van der Waals surface area contributed by atoms with Crippen LogP contribution in [-0.2, 0) is 0 Å². The Labute approximate surface area is 117 Å². The Bertz CT molecular complexity index is 562. The molecular formula is C14H18N4O2. The molecule has 0 saturated heterocycles. The second kappa shape index (κ2) is 6.83. The summed E-state index contributed by atoms with van der Waals surface area (Å²) in [5.41, 5.74) is 4.56. The van der Waals surface area contributed by atoms with Gasteiger partial charge < -0.3 is 9.47 Å². The molecule has 20 heavy (non-hydrogen) atoms. The van der Waals surface area contributed by atoms with Gasteiger partial charge >= 0.3 is 0 Å². The molecule has 3 N–H and O–H groups in total. The Morgan fingerprint density at radius 3 is 2.85 bits per heavy atom. The zero-order valence-electron chi connectivity index (χ0n) is 11.5. The van der Waals surface area contributed by atoms with Crippen LogP contribution in [0, 0.1) is 0 Å². The van der Waals surface area contributed by atoms with Crippen molar-refractivity contribution in [3.63, 3.8) is 0 Å². The van der Waals surface area contributed by atoms with Crippen LogP contribution in [0.15, 0.2) is 36.9 Å². The van der Waals surface area contributed by atoms with E-state index in [2.05, 4.69) is 15.4 Å². The van der Waals surface area contributed by atoms with E-state index in [1.54, 1.807) is 31.9 Å². The highest BCUT2D eigenvalue weighted by Crippen LogP contribution is 2.29. The molecule has 0 saturated carbocycles. The van der Waals surface area contributed by atoms with Crippen LogP contribution in [0.3, 0.4) is 0 Å². The predicted octanol–water partition coefficient (Wildman–Crippen LogP) is 1.44. The van der Waals surface area contributed by atoms with Gasteiger partial charge in [0.2, 0.25) is 0 Å². The minimum atomic E-state index is -0.249. The predicted molar refractivity (Wildman–Crippen MR) is 75.4 cm³/mol. The first-order valence-corrected chi connectivity index (χ1v) is 6.32. The van der Waals surface area contributed by atoms with Gasteiger partial charge in [0.15, 0.2) is 0 Å². The van der Waals surface area contributed by atoms with Gasteiger partial charge in [-0.3, -0.25) is 15.8 Å². The standard InChI is InChI=1S/C14H18N4O2/c1-3-20-11-6-10(7-17-8-11)14(18-15)12-4-5-16-9-13(12)19-2/h4-9,14,18H,3,15H2,1-2H3. The van der Waals surface area contributed by atoms with Crippen LogP contribution >= 0.6 is 0 Å². The van der Waals surface area contributed by atoms with E-state index in [0.717, 1.165) is 11.1 Å². The van der Waals surface area contributed by atoms with Crippen molar-refractivity contribution in [2.45, 2.75) is 13.0 Å². The Morgan fingerprint density at radius 2 is 2.15 bits per heavy atom. The minimum absolute atomic E-state index is 0.249.